The van der Waals surface area contributed by atoms with Gasteiger partial charge < -0.3 is 14.8 Å². The number of anilines is 1. The van der Waals surface area contributed by atoms with Gasteiger partial charge in [0.05, 0.1) is 4.90 Å². The van der Waals surface area contributed by atoms with E-state index < -0.39 is 22.2 Å². The molecule has 2 heterocycles. The van der Waals surface area contributed by atoms with Crippen LogP contribution in [-0.4, -0.2) is 38.9 Å². The lowest BCUT2D eigenvalue weighted by atomic mass is 10.1. The Morgan fingerprint density at radius 2 is 1.71 bits per heavy atom. The van der Waals surface area contributed by atoms with E-state index in [-0.39, 0.29) is 10.8 Å². The summed E-state index contributed by atoms with van der Waals surface area (Å²) in [6.07, 6.45) is 2.26. The smallest absolute Gasteiger partial charge is 0.269 e. The molecule has 2 atom stereocenters. The standard InChI is InChI=1S/C22H25N3O5S/c1-15-21(30-19-8-5-4-7-18(19)29-15)22(26)24-16-10-12-17(13-11-16)31(27,28)25-20-9-3-2-6-14-23-20/h4-5,7-8,10-13,15,21H,2-3,6,9,14H2,1H3,(H,23,25)(H,24,26). The predicted molar refractivity (Wildman–Crippen MR) is 117 cm³/mol. The molecule has 2 aliphatic rings. The van der Waals surface area contributed by atoms with Crippen LogP contribution in [0.25, 0.3) is 0 Å². The van der Waals surface area contributed by atoms with Crippen molar-refractivity contribution in [1.29, 1.82) is 0 Å². The predicted octanol–water partition coefficient (Wildman–Crippen LogP) is 3.10. The number of fused-ring (bicyclic) bond motifs is 1. The van der Waals surface area contributed by atoms with Gasteiger partial charge in [0.25, 0.3) is 15.9 Å². The highest BCUT2D eigenvalue weighted by atomic mass is 32.2. The highest BCUT2D eigenvalue weighted by molar-refractivity contribution is 7.90. The van der Waals surface area contributed by atoms with E-state index in [1.807, 2.05) is 6.07 Å². The first-order valence-corrected chi connectivity index (χ1v) is 11.8. The van der Waals surface area contributed by atoms with Crippen molar-refractivity contribution in [2.45, 2.75) is 49.7 Å². The van der Waals surface area contributed by atoms with Gasteiger partial charge in [-0.3, -0.25) is 14.5 Å². The van der Waals surface area contributed by atoms with Gasteiger partial charge in [0.2, 0.25) is 6.10 Å². The van der Waals surface area contributed by atoms with E-state index in [0.29, 0.717) is 36.0 Å². The topological polar surface area (TPSA) is 106 Å². The minimum atomic E-state index is -3.72. The lowest BCUT2D eigenvalue weighted by Crippen LogP contribution is -2.46. The monoisotopic (exact) mass is 443 g/mol. The number of hydrogen-bond acceptors (Lipinski definition) is 6. The van der Waals surface area contributed by atoms with Crippen molar-refractivity contribution in [2.24, 2.45) is 4.99 Å². The van der Waals surface area contributed by atoms with Crippen LogP contribution < -0.4 is 19.5 Å². The van der Waals surface area contributed by atoms with E-state index in [1.54, 1.807) is 37.3 Å². The molecule has 8 nitrogen and oxygen atoms in total. The van der Waals surface area contributed by atoms with Gasteiger partial charge in [0, 0.05) is 18.7 Å². The average molecular weight is 444 g/mol. The molecule has 0 fully saturated rings. The van der Waals surface area contributed by atoms with Gasteiger partial charge in [-0.05, 0) is 56.2 Å². The van der Waals surface area contributed by atoms with Crippen LogP contribution >= 0.6 is 0 Å². The van der Waals surface area contributed by atoms with Crippen molar-refractivity contribution in [3.63, 3.8) is 0 Å². The Kier molecular flexibility index (Phi) is 6.13. The molecule has 2 N–H and O–H groups in total. The van der Waals surface area contributed by atoms with Crippen LogP contribution in [0.3, 0.4) is 0 Å². The maximum atomic E-state index is 12.7. The lowest BCUT2D eigenvalue weighted by Gasteiger charge is -2.31. The van der Waals surface area contributed by atoms with Crippen LogP contribution in [0, 0.1) is 0 Å². The van der Waals surface area contributed by atoms with Crippen LogP contribution in [-0.2, 0) is 14.8 Å². The Hall–Kier alpha value is -3.07. The summed E-state index contributed by atoms with van der Waals surface area (Å²) >= 11 is 0. The highest BCUT2D eigenvalue weighted by Crippen LogP contribution is 2.33. The number of sulfonamides is 1. The van der Waals surface area contributed by atoms with Crippen molar-refractivity contribution in [2.75, 3.05) is 11.9 Å². The van der Waals surface area contributed by atoms with E-state index in [2.05, 4.69) is 15.0 Å². The van der Waals surface area contributed by atoms with Gasteiger partial charge in [-0.15, -0.1) is 0 Å². The molecule has 31 heavy (non-hydrogen) atoms. The van der Waals surface area contributed by atoms with Gasteiger partial charge in [-0.1, -0.05) is 18.6 Å². The van der Waals surface area contributed by atoms with E-state index in [0.717, 1.165) is 19.3 Å². The number of nitrogens with zero attached hydrogens (tertiary/aromatic N) is 1. The zero-order valence-corrected chi connectivity index (χ0v) is 18.0. The second kappa shape index (κ2) is 8.97. The Labute approximate surface area is 181 Å². The van der Waals surface area contributed by atoms with Gasteiger partial charge >= 0.3 is 0 Å². The van der Waals surface area contributed by atoms with Crippen molar-refractivity contribution < 1.29 is 22.7 Å². The number of nitrogens with one attached hydrogen (secondary N) is 2. The molecule has 9 heteroatoms. The summed E-state index contributed by atoms with van der Waals surface area (Å²) in [5.74, 6) is 1.23. The molecule has 0 saturated heterocycles. The number of carbonyl (C=O) groups is 1. The number of hydrogen-bond donors (Lipinski definition) is 2. The molecule has 164 valence electrons. The third-order valence-corrected chi connectivity index (χ3v) is 6.56. The van der Waals surface area contributed by atoms with Crippen LogP contribution in [0.15, 0.2) is 58.4 Å². The Morgan fingerprint density at radius 1 is 1.00 bits per heavy atom. The SMILES string of the molecule is CC1Oc2ccccc2OC1C(=O)Nc1ccc(S(=O)(=O)NC2=NCCCCC2)cc1. The van der Waals surface area contributed by atoms with E-state index in [1.165, 1.54) is 12.1 Å². The normalized spacial score (nSPS) is 20.9. The average Bonchev–Trinajstić information content (AvgIpc) is 3.01. The minimum Gasteiger partial charge on any atom is -0.482 e. The molecule has 2 aliphatic heterocycles. The maximum Gasteiger partial charge on any atom is 0.269 e. The van der Waals surface area contributed by atoms with E-state index >= 15 is 0 Å². The second-order valence-corrected chi connectivity index (χ2v) is 9.25. The van der Waals surface area contributed by atoms with Crippen molar-refractivity contribution in [3.8, 4) is 11.5 Å². The molecule has 2 aromatic carbocycles. The van der Waals surface area contributed by atoms with Crippen molar-refractivity contribution >= 4 is 27.5 Å². The number of aliphatic imine (C=N–C) groups is 1. The molecule has 4 rings (SSSR count). The number of rotatable bonds is 4. The molecular formula is C22H25N3O5S. The molecule has 2 unspecified atom stereocenters. The summed E-state index contributed by atoms with van der Waals surface area (Å²) < 4.78 is 39.4. The molecule has 2 aromatic rings. The number of amides is 1. The Bertz CT molecular complexity index is 1080. The zero-order valence-electron chi connectivity index (χ0n) is 17.2. The number of ether oxygens (including phenoxy) is 2. The number of carbonyl (C=O) groups excluding carboxylic acids is 1. The highest BCUT2D eigenvalue weighted by Gasteiger charge is 2.34. The number of amidine groups is 1. The van der Waals surface area contributed by atoms with Crippen LogP contribution in [0.2, 0.25) is 0 Å². The van der Waals surface area contributed by atoms with Crippen molar-refractivity contribution in [3.05, 3.63) is 48.5 Å². The van der Waals surface area contributed by atoms with Crippen molar-refractivity contribution in [1.82, 2.24) is 4.72 Å². The third-order valence-electron chi connectivity index (χ3n) is 5.16. The van der Waals surface area contributed by atoms with Crippen LogP contribution in [0.1, 0.15) is 32.6 Å². The van der Waals surface area contributed by atoms with Crippen LogP contribution in [0.4, 0.5) is 5.69 Å². The molecule has 0 aromatic heterocycles. The van der Waals surface area contributed by atoms with Gasteiger partial charge in [0.15, 0.2) is 11.5 Å². The lowest BCUT2D eigenvalue weighted by molar-refractivity contribution is -0.128. The minimum absolute atomic E-state index is 0.108. The summed E-state index contributed by atoms with van der Waals surface area (Å²) in [5.41, 5.74) is 0.463. The van der Waals surface area contributed by atoms with E-state index in [9.17, 15) is 13.2 Å². The van der Waals surface area contributed by atoms with E-state index in [4.69, 9.17) is 9.47 Å². The maximum absolute atomic E-state index is 12.7. The molecule has 0 spiro atoms. The summed E-state index contributed by atoms with van der Waals surface area (Å²) in [6.45, 7) is 2.40. The Morgan fingerprint density at radius 3 is 2.45 bits per heavy atom. The fourth-order valence-electron chi connectivity index (χ4n) is 3.51. The molecule has 0 radical (unpaired) electrons. The molecule has 0 bridgehead atoms. The number of para-hydroxylation sites is 2. The Balaban J connectivity index is 1.41. The fraction of sp³-hybridized carbons (Fsp3) is 0.364. The largest absolute Gasteiger partial charge is 0.482 e. The quantitative estimate of drug-likeness (QED) is 0.755. The van der Waals surface area contributed by atoms with Gasteiger partial charge in [0.1, 0.15) is 11.9 Å². The summed E-state index contributed by atoms with van der Waals surface area (Å²) in [7, 11) is -3.72. The summed E-state index contributed by atoms with van der Waals surface area (Å²) in [6, 6.07) is 13.2. The first-order chi connectivity index (χ1) is 14.9. The molecule has 1 amide bonds. The first kappa shape index (κ1) is 21.2. The van der Waals surface area contributed by atoms with Gasteiger partial charge in [-0.25, -0.2) is 8.42 Å². The van der Waals surface area contributed by atoms with Gasteiger partial charge in [-0.2, -0.15) is 0 Å². The fourth-order valence-corrected chi connectivity index (χ4v) is 4.60. The summed E-state index contributed by atoms with van der Waals surface area (Å²) in [5, 5.41) is 2.76. The van der Waals surface area contributed by atoms with Crippen LogP contribution in [0.5, 0.6) is 11.5 Å². The summed E-state index contributed by atoms with van der Waals surface area (Å²) in [4.78, 5) is 17.1. The first-order valence-electron chi connectivity index (χ1n) is 10.3. The molecule has 0 aliphatic carbocycles. The zero-order chi connectivity index (χ0) is 21.8. The third kappa shape index (κ3) is 4.99. The number of benzene rings is 2. The molecule has 0 saturated carbocycles. The molecular weight excluding hydrogens is 418 g/mol. The second-order valence-electron chi connectivity index (χ2n) is 7.57.